The van der Waals surface area contributed by atoms with Gasteiger partial charge in [-0.2, -0.15) is 0 Å². The molecule has 0 fully saturated rings. The number of hydrogen-bond donors (Lipinski definition) is 0. The molecule has 1 heterocycles. The summed E-state index contributed by atoms with van der Waals surface area (Å²) in [6.45, 7) is 5.90. The Morgan fingerprint density at radius 3 is 2.31 bits per heavy atom. The van der Waals surface area contributed by atoms with Crippen molar-refractivity contribution in [3.63, 3.8) is 0 Å². The van der Waals surface area contributed by atoms with Crippen molar-refractivity contribution in [2.45, 2.75) is 26.3 Å². The van der Waals surface area contributed by atoms with Gasteiger partial charge in [-0.15, -0.1) is 0 Å². The number of aryl methyl sites for hydroxylation is 1. The van der Waals surface area contributed by atoms with Gasteiger partial charge < -0.3 is 9.47 Å². The third-order valence-corrected chi connectivity index (χ3v) is 2.64. The summed E-state index contributed by atoms with van der Waals surface area (Å²) in [5.74, 6) is -0.0805. The van der Waals surface area contributed by atoms with Crippen LogP contribution >= 0.6 is 0 Å². The van der Waals surface area contributed by atoms with Crippen LogP contribution in [0.25, 0.3) is 0 Å². The summed E-state index contributed by atoms with van der Waals surface area (Å²) < 4.78 is 1.41. The fourth-order valence-electron chi connectivity index (χ4n) is 1.22. The van der Waals surface area contributed by atoms with Gasteiger partial charge in [0.2, 0.25) is 5.56 Å². The Bertz CT molecular complexity index is 455. The van der Waals surface area contributed by atoms with Crippen LogP contribution in [0.1, 0.15) is 31.1 Å². The van der Waals surface area contributed by atoms with Crippen LogP contribution in [-0.2, 0) is 7.05 Å². The third-order valence-electron chi connectivity index (χ3n) is 2.64. The molecule has 1 amide bonds. The van der Waals surface area contributed by atoms with Crippen molar-refractivity contribution in [2.24, 2.45) is 7.05 Å². The van der Waals surface area contributed by atoms with E-state index in [9.17, 15) is 9.59 Å². The lowest BCUT2D eigenvalue weighted by atomic mass is 10.1. The van der Waals surface area contributed by atoms with Crippen molar-refractivity contribution in [3.05, 3.63) is 34.2 Å². The first kappa shape index (κ1) is 12.5. The number of carbonyl (C=O) groups is 1. The number of hydrogen-bond acceptors (Lipinski definition) is 2. The minimum atomic E-state index is -0.230. The maximum absolute atomic E-state index is 12.1. The number of amides is 1. The molecular weight excluding hydrogens is 204 g/mol. The van der Waals surface area contributed by atoms with Gasteiger partial charge in [0.05, 0.1) is 5.56 Å². The van der Waals surface area contributed by atoms with E-state index in [2.05, 4.69) is 0 Å². The smallest absolute Gasteiger partial charge is 0.255 e. The van der Waals surface area contributed by atoms with E-state index in [1.807, 2.05) is 20.8 Å². The maximum atomic E-state index is 12.1. The monoisotopic (exact) mass is 222 g/mol. The number of nitrogens with zero attached hydrogens (tertiary/aromatic N) is 2. The van der Waals surface area contributed by atoms with Crippen molar-refractivity contribution < 1.29 is 4.79 Å². The SMILES string of the molecule is CN(C(=O)c1ccc(=O)n(C)c1)C(C)(C)C. The summed E-state index contributed by atoms with van der Waals surface area (Å²) in [5, 5.41) is 0. The summed E-state index contributed by atoms with van der Waals surface area (Å²) in [6.07, 6.45) is 1.56. The highest BCUT2D eigenvalue weighted by molar-refractivity contribution is 5.94. The van der Waals surface area contributed by atoms with Crippen LogP contribution in [0.4, 0.5) is 0 Å². The van der Waals surface area contributed by atoms with Crippen molar-refractivity contribution in [1.82, 2.24) is 9.47 Å². The standard InChI is InChI=1S/C12H18N2O2/c1-12(2,3)14(5)11(16)9-6-7-10(15)13(4)8-9/h6-8H,1-5H3. The molecule has 0 aliphatic heterocycles. The van der Waals surface area contributed by atoms with Gasteiger partial charge in [0.15, 0.2) is 0 Å². The van der Waals surface area contributed by atoms with E-state index in [0.717, 1.165) is 0 Å². The maximum Gasteiger partial charge on any atom is 0.255 e. The van der Waals surface area contributed by atoms with Crippen LogP contribution in [-0.4, -0.2) is 28.0 Å². The summed E-state index contributed by atoms with van der Waals surface area (Å²) >= 11 is 0. The molecule has 0 saturated heterocycles. The second-order valence-electron chi connectivity index (χ2n) is 4.90. The van der Waals surface area contributed by atoms with Gasteiger partial charge in [-0.1, -0.05) is 0 Å². The second-order valence-corrected chi connectivity index (χ2v) is 4.90. The minimum absolute atomic E-state index is 0.0805. The molecule has 16 heavy (non-hydrogen) atoms. The summed E-state index contributed by atoms with van der Waals surface area (Å²) in [6, 6.07) is 2.97. The normalized spacial score (nSPS) is 11.3. The van der Waals surface area contributed by atoms with Crippen molar-refractivity contribution in [3.8, 4) is 0 Å². The predicted molar refractivity (Wildman–Crippen MR) is 63.5 cm³/mol. The molecule has 88 valence electrons. The Morgan fingerprint density at radius 1 is 1.31 bits per heavy atom. The average Bonchev–Trinajstić information content (AvgIpc) is 2.18. The molecule has 0 unspecified atom stereocenters. The largest absolute Gasteiger partial charge is 0.337 e. The number of aromatic nitrogens is 1. The molecule has 1 rings (SSSR count). The van der Waals surface area contributed by atoms with E-state index >= 15 is 0 Å². The molecule has 0 N–H and O–H groups in total. The van der Waals surface area contributed by atoms with Crippen LogP contribution in [0.2, 0.25) is 0 Å². The molecule has 0 aliphatic rings. The fourth-order valence-corrected chi connectivity index (χ4v) is 1.22. The first-order chi connectivity index (χ1) is 7.23. The van der Waals surface area contributed by atoms with Gasteiger partial charge in [0.1, 0.15) is 0 Å². The zero-order valence-corrected chi connectivity index (χ0v) is 10.4. The molecule has 1 aromatic heterocycles. The molecule has 0 aromatic carbocycles. The second kappa shape index (κ2) is 4.12. The average molecular weight is 222 g/mol. The zero-order chi connectivity index (χ0) is 12.5. The van der Waals surface area contributed by atoms with Crippen molar-refractivity contribution >= 4 is 5.91 Å². The van der Waals surface area contributed by atoms with E-state index in [1.165, 1.54) is 10.6 Å². The van der Waals surface area contributed by atoms with E-state index in [4.69, 9.17) is 0 Å². The van der Waals surface area contributed by atoms with Gasteiger partial charge in [-0.05, 0) is 26.8 Å². The van der Waals surface area contributed by atoms with Crippen LogP contribution < -0.4 is 5.56 Å². The molecule has 4 heteroatoms. The highest BCUT2D eigenvalue weighted by Crippen LogP contribution is 2.13. The Labute approximate surface area is 95.5 Å². The Hall–Kier alpha value is -1.58. The molecule has 0 radical (unpaired) electrons. The van der Waals surface area contributed by atoms with Crippen LogP contribution in [0.3, 0.4) is 0 Å². The van der Waals surface area contributed by atoms with Gasteiger partial charge in [0.25, 0.3) is 5.91 Å². The van der Waals surface area contributed by atoms with Gasteiger partial charge in [0, 0.05) is 31.9 Å². The highest BCUT2D eigenvalue weighted by atomic mass is 16.2. The summed E-state index contributed by atoms with van der Waals surface area (Å²) in [4.78, 5) is 24.9. The predicted octanol–water partition coefficient (Wildman–Crippen LogP) is 1.26. The number of pyridine rings is 1. The molecule has 0 bridgehead atoms. The zero-order valence-electron chi connectivity index (χ0n) is 10.4. The Balaban J connectivity index is 3.06. The first-order valence-corrected chi connectivity index (χ1v) is 5.18. The molecule has 0 saturated carbocycles. The van der Waals surface area contributed by atoms with Gasteiger partial charge >= 0.3 is 0 Å². The van der Waals surface area contributed by atoms with Gasteiger partial charge in [-0.3, -0.25) is 9.59 Å². The topological polar surface area (TPSA) is 42.3 Å². The molecule has 0 spiro atoms. The van der Waals surface area contributed by atoms with Crippen molar-refractivity contribution in [2.75, 3.05) is 7.05 Å². The highest BCUT2D eigenvalue weighted by Gasteiger charge is 2.23. The van der Waals surface area contributed by atoms with E-state index in [-0.39, 0.29) is 17.0 Å². The Kier molecular flexibility index (Phi) is 3.21. The molecule has 0 aliphatic carbocycles. The quantitative estimate of drug-likeness (QED) is 0.717. The van der Waals surface area contributed by atoms with Crippen LogP contribution in [0.15, 0.2) is 23.1 Å². The van der Waals surface area contributed by atoms with E-state index < -0.39 is 0 Å². The van der Waals surface area contributed by atoms with Crippen molar-refractivity contribution in [1.29, 1.82) is 0 Å². The number of carbonyl (C=O) groups excluding carboxylic acids is 1. The molecule has 1 aromatic rings. The Morgan fingerprint density at radius 2 is 1.88 bits per heavy atom. The lowest BCUT2D eigenvalue weighted by Crippen LogP contribution is -2.42. The van der Waals surface area contributed by atoms with E-state index in [0.29, 0.717) is 5.56 Å². The van der Waals surface area contributed by atoms with E-state index in [1.54, 1.807) is 31.3 Å². The number of rotatable bonds is 1. The first-order valence-electron chi connectivity index (χ1n) is 5.18. The molecule has 4 nitrogen and oxygen atoms in total. The van der Waals surface area contributed by atoms with Gasteiger partial charge in [-0.25, -0.2) is 0 Å². The fraction of sp³-hybridized carbons (Fsp3) is 0.500. The molecular formula is C12H18N2O2. The van der Waals surface area contributed by atoms with Crippen LogP contribution in [0.5, 0.6) is 0 Å². The summed E-state index contributed by atoms with van der Waals surface area (Å²) in [7, 11) is 3.39. The molecule has 0 atom stereocenters. The lowest BCUT2D eigenvalue weighted by molar-refractivity contribution is 0.0655. The minimum Gasteiger partial charge on any atom is -0.337 e. The third kappa shape index (κ3) is 2.51. The van der Waals surface area contributed by atoms with Crippen LogP contribution in [0, 0.1) is 0 Å². The lowest BCUT2D eigenvalue weighted by Gasteiger charge is -2.32. The summed E-state index contributed by atoms with van der Waals surface area (Å²) in [5.41, 5.74) is 0.181.